The van der Waals surface area contributed by atoms with Crippen LogP contribution in [0, 0.1) is 5.41 Å². The van der Waals surface area contributed by atoms with E-state index in [1.807, 2.05) is 18.2 Å². The molecular formula is C14H20ClNO2. The number of rotatable bonds is 4. The molecule has 0 aromatic heterocycles. The van der Waals surface area contributed by atoms with E-state index >= 15 is 0 Å². The second-order valence-corrected chi connectivity index (χ2v) is 5.83. The van der Waals surface area contributed by atoms with Crippen LogP contribution in [0.1, 0.15) is 25.8 Å². The first-order valence-corrected chi connectivity index (χ1v) is 6.57. The van der Waals surface area contributed by atoms with Crippen molar-refractivity contribution in [2.45, 2.75) is 39.0 Å². The van der Waals surface area contributed by atoms with E-state index in [0.717, 1.165) is 17.7 Å². The Morgan fingerprint density at radius 1 is 1.50 bits per heavy atom. The van der Waals surface area contributed by atoms with E-state index < -0.39 is 0 Å². The zero-order valence-electron chi connectivity index (χ0n) is 11.0. The second-order valence-electron chi connectivity index (χ2n) is 5.43. The molecule has 2 atom stereocenters. The summed E-state index contributed by atoms with van der Waals surface area (Å²) in [5.74, 6) is 0.799. The van der Waals surface area contributed by atoms with Gasteiger partial charge in [-0.25, -0.2) is 0 Å². The maximum absolute atomic E-state index is 9.71. The van der Waals surface area contributed by atoms with E-state index in [1.165, 1.54) is 0 Å². The molecule has 0 amide bonds. The van der Waals surface area contributed by atoms with Crippen molar-refractivity contribution >= 4 is 11.6 Å². The molecular weight excluding hydrogens is 250 g/mol. The topological polar surface area (TPSA) is 41.5 Å². The van der Waals surface area contributed by atoms with Gasteiger partial charge in [-0.15, -0.1) is 0 Å². The van der Waals surface area contributed by atoms with Crippen LogP contribution < -0.4 is 10.1 Å². The largest absolute Gasteiger partial charge is 0.496 e. The lowest BCUT2D eigenvalue weighted by Crippen LogP contribution is -2.59. The molecule has 0 aliphatic heterocycles. The van der Waals surface area contributed by atoms with Crippen molar-refractivity contribution in [3.63, 3.8) is 0 Å². The van der Waals surface area contributed by atoms with Crippen molar-refractivity contribution in [2.75, 3.05) is 7.11 Å². The third-order valence-corrected chi connectivity index (χ3v) is 4.39. The molecule has 1 aliphatic carbocycles. The summed E-state index contributed by atoms with van der Waals surface area (Å²) in [6, 6.07) is 5.96. The summed E-state index contributed by atoms with van der Waals surface area (Å²) in [6.07, 6.45) is 0.572. The Kier molecular flexibility index (Phi) is 3.85. The highest BCUT2D eigenvalue weighted by atomic mass is 35.5. The molecule has 1 fully saturated rings. The molecule has 0 saturated heterocycles. The fraction of sp³-hybridized carbons (Fsp3) is 0.571. The summed E-state index contributed by atoms with van der Waals surface area (Å²) in [7, 11) is 1.65. The standard InChI is InChI=1S/C14H20ClNO2/c1-14(2)12(7-13(14)17)16-8-9-10(15)5-4-6-11(9)18-3/h4-6,12-13,16-17H,7-8H2,1-3H3. The summed E-state index contributed by atoms with van der Waals surface area (Å²) in [6.45, 7) is 4.80. The van der Waals surface area contributed by atoms with Gasteiger partial charge in [-0.05, 0) is 18.6 Å². The Bertz CT molecular complexity index is 434. The van der Waals surface area contributed by atoms with Crippen molar-refractivity contribution in [3.05, 3.63) is 28.8 Å². The van der Waals surface area contributed by atoms with E-state index in [2.05, 4.69) is 19.2 Å². The van der Waals surface area contributed by atoms with E-state index in [-0.39, 0.29) is 11.5 Å². The maximum atomic E-state index is 9.71. The summed E-state index contributed by atoms with van der Waals surface area (Å²) >= 11 is 6.18. The average molecular weight is 270 g/mol. The number of hydrogen-bond donors (Lipinski definition) is 2. The van der Waals surface area contributed by atoms with Gasteiger partial charge in [0.1, 0.15) is 5.75 Å². The van der Waals surface area contributed by atoms with Crippen molar-refractivity contribution in [1.82, 2.24) is 5.32 Å². The van der Waals surface area contributed by atoms with Gasteiger partial charge >= 0.3 is 0 Å². The van der Waals surface area contributed by atoms with Crippen LogP contribution in [0.3, 0.4) is 0 Å². The van der Waals surface area contributed by atoms with Crippen molar-refractivity contribution in [2.24, 2.45) is 5.41 Å². The van der Waals surface area contributed by atoms with E-state index in [9.17, 15) is 5.11 Å². The molecule has 100 valence electrons. The Balaban J connectivity index is 2.03. The quantitative estimate of drug-likeness (QED) is 0.883. The first-order chi connectivity index (χ1) is 8.46. The predicted octanol–water partition coefficient (Wildman–Crippen LogP) is 2.60. The third kappa shape index (κ3) is 2.35. The van der Waals surface area contributed by atoms with Crippen molar-refractivity contribution < 1.29 is 9.84 Å². The van der Waals surface area contributed by atoms with Crippen LogP contribution in [-0.2, 0) is 6.54 Å². The summed E-state index contributed by atoms with van der Waals surface area (Å²) < 4.78 is 5.31. The fourth-order valence-electron chi connectivity index (χ4n) is 2.38. The highest BCUT2D eigenvalue weighted by Crippen LogP contribution is 2.40. The summed E-state index contributed by atoms with van der Waals surface area (Å²) in [4.78, 5) is 0. The molecule has 1 saturated carbocycles. The lowest BCUT2D eigenvalue weighted by molar-refractivity contribution is -0.0730. The molecule has 4 heteroatoms. The molecule has 1 aromatic rings. The minimum absolute atomic E-state index is 0.0749. The smallest absolute Gasteiger partial charge is 0.124 e. The number of benzene rings is 1. The zero-order valence-corrected chi connectivity index (χ0v) is 11.8. The van der Waals surface area contributed by atoms with Gasteiger partial charge in [0, 0.05) is 28.6 Å². The van der Waals surface area contributed by atoms with Gasteiger partial charge in [0.05, 0.1) is 13.2 Å². The molecule has 0 spiro atoms. The summed E-state index contributed by atoms with van der Waals surface area (Å²) in [5.41, 5.74) is 0.896. The van der Waals surface area contributed by atoms with Gasteiger partial charge in [0.15, 0.2) is 0 Å². The first-order valence-electron chi connectivity index (χ1n) is 6.19. The van der Waals surface area contributed by atoms with Gasteiger partial charge in [-0.1, -0.05) is 31.5 Å². The Morgan fingerprint density at radius 2 is 2.22 bits per heavy atom. The lowest BCUT2D eigenvalue weighted by Gasteiger charge is -2.49. The highest BCUT2D eigenvalue weighted by Gasteiger charge is 2.46. The number of nitrogens with one attached hydrogen (secondary N) is 1. The van der Waals surface area contributed by atoms with Gasteiger partial charge in [0.25, 0.3) is 0 Å². The number of aliphatic hydroxyl groups excluding tert-OH is 1. The number of halogens is 1. The molecule has 2 N–H and O–H groups in total. The monoisotopic (exact) mass is 269 g/mol. The highest BCUT2D eigenvalue weighted by molar-refractivity contribution is 6.31. The van der Waals surface area contributed by atoms with Crippen LogP contribution >= 0.6 is 11.6 Å². The van der Waals surface area contributed by atoms with E-state index in [4.69, 9.17) is 16.3 Å². The fourth-order valence-corrected chi connectivity index (χ4v) is 2.61. The van der Waals surface area contributed by atoms with Gasteiger partial charge in [-0.2, -0.15) is 0 Å². The van der Waals surface area contributed by atoms with Gasteiger partial charge < -0.3 is 15.2 Å². The van der Waals surface area contributed by atoms with Crippen molar-refractivity contribution in [1.29, 1.82) is 0 Å². The normalized spacial score (nSPS) is 25.6. The van der Waals surface area contributed by atoms with Crippen LogP contribution in [0.25, 0.3) is 0 Å². The van der Waals surface area contributed by atoms with Crippen LogP contribution in [0.4, 0.5) is 0 Å². The lowest BCUT2D eigenvalue weighted by atomic mass is 9.64. The zero-order chi connectivity index (χ0) is 13.3. The molecule has 0 radical (unpaired) electrons. The van der Waals surface area contributed by atoms with Gasteiger partial charge in [-0.3, -0.25) is 0 Å². The second kappa shape index (κ2) is 5.08. The Hall–Kier alpha value is -0.770. The minimum Gasteiger partial charge on any atom is -0.496 e. The number of ether oxygens (including phenoxy) is 1. The summed E-state index contributed by atoms with van der Waals surface area (Å²) in [5, 5.41) is 13.9. The van der Waals surface area contributed by atoms with Crippen LogP contribution in [-0.4, -0.2) is 24.4 Å². The molecule has 1 aromatic carbocycles. The molecule has 3 nitrogen and oxygen atoms in total. The first kappa shape index (κ1) is 13.7. The minimum atomic E-state index is -0.219. The molecule has 2 unspecified atom stereocenters. The Labute approximate surface area is 113 Å². The maximum Gasteiger partial charge on any atom is 0.124 e. The predicted molar refractivity (Wildman–Crippen MR) is 73.0 cm³/mol. The van der Waals surface area contributed by atoms with Crippen LogP contribution in [0.5, 0.6) is 5.75 Å². The molecule has 1 aliphatic rings. The van der Waals surface area contributed by atoms with E-state index in [0.29, 0.717) is 17.6 Å². The Morgan fingerprint density at radius 3 is 2.78 bits per heavy atom. The molecule has 0 heterocycles. The number of hydrogen-bond acceptors (Lipinski definition) is 3. The average Bonchev–Trinajstić information content (AvgIpc) is 2.35. The van der Waals surface area contributed by atoms with Crippen LogP contribution in [0.2, 0.25) is 5.02 Å². The molecule has 18 heavy (non-hydrogen) atoms. The van der Waals surface area contributed by atoms with Gasteiger partial charge in [0.2, 0.25) is 0 Å². The SMILES string of the molecule is COc1cccc(Cl)c1CNC1CC(O)C1(C)C. The molecule has 2 rings (SSSR count). The van der Waals surface area contributed by atoms with Crippen molar-refractivity contribution in [3.8, 4) is 5.75 Å². The number of methoxy groups -OCH3 is 1. The molecule has 0 bridgehead atoms. The third-order valence-electron chi connectivity index (χ3n) is 4.04. The van der Waals surface area contributed by atoms with Crippen LogP contribution in [0.15, 0.2) is 18.2 Å². The number of aliphatic hydroxyl groups is 1. The van der Waals surface area contributed by atoms with E-state index in [1.54, 1.807) is 7.11 Å².